The zero-order chi connectivity index (χ0) is 12.2. The average molecular weight is 325 g/mol. The first kappa shape index (κ1) is 14.3. The molecule has 4 atom stereocenters. The van der Waals surface area contributed by atoms with Gasteiger partial charge in [-0.1, -0.05) is 0 Å². The van der Waals surface area contributed by atoms with Crippen LogP contribution in [-0.4, -0.2) is 70.4 Å². The molecule has 2 nitrogen and oxygen atoms in total. The first-order chi connectivity index (χ1) is 8.90. The van der Waals surface area contributed by atoms with Crippen LogP contribution in [0.3, 0.4) is 0 Å². The van der Waals surface area contributed by atoms with Gasteiger partial charge in [0.2, 0.25) is 0 Å². The summed E-state index contributed by atoms with van der Waals surface area (Å²) >= 11 is 8.25. The Morgan fingerprint density at radius 1 is 0.778 bits per heavy atom. The van der Waals surface area contributed by atoms with E-state index in [1.165, 1.54) is 34.5 Å². The zero-order valence-electron chi connectivity index (χ0n) is 10.4. The van der Waals surface area contributed by atoms with Crippen LogP contribution in [0.15, 0.2) is 0 Å². The lowest BCUT2D eigenvalue weighted by Gasteiger charge is -1.92. The van der Waals surface area contributed by atoms with Crippen LogP contribution in [-0.2, 0) is 9.47 Å². The van der Waals surface area contributed by atoms with E-state index in [0.717, 1.165) is 23.7 Å². The Balaban J connectivity index is 0.000000111. The molecule has 4 saturated heterocycles. The van der Waals surface area contributed by atoms with Gasteiger partial charge in [-0.2, -0.15) is 47.0 Å². The highest BCUT2D eigenvalue weighted by atomic mass is 32.2. The van der Waals surface area contributed by atoms with E-state index in [2.05, 4.69) is 23.5 Å². The molecule has 4 fully saturated rings. The Hall–Kier alpha value is 1.32. The zero-order valence-corrected chi connectivity index (χ0v) is 13.7. The summed E-state index contributed by atoms with van der Waals surface area (Å²) in [7, 11) is 0. The van der Waals surface area contributed by atoms with Gasteiger partial charge in [-0.15, -0.1) is 0 Å². The van der Waals surface area contributed by atoms with Gasteiger partial charge in [0.15, 0.2) is 0 Å². The summed E-state index contributed by atoms with van der Waals surface area (Å²) in [5.41, 5.74) is 0. The third kappa shape index (κ3) is 7.20. The third-order valence-electron chi connectivity index (χ3n) is 2.82. The number of epoxide rings is 2. The van der Waals surface area contributed by atoms with Gasteiger partial charge in [0, 0.05) is 45.0 Å². The van der Waals surface area contributed by atoms with Crippen molar-refractivity contribution in [3.8, 4) is 0 Å². The summed E-state index contributed by atoms with van der Waals surface area (Å²) in [6.07, 6.45) is 1.25. The van der Waals surface area contributed by atoms with Crippen molar-refractivity contribution < 1.29 is 9.47 Å². The Morgan fingerprint density at radius 3 is 1.44 bits per heavy atom. The van der Waals surface area contributed by atoms with Crippen LogP contribution in [0.4, 0.5) is 0 Å². The number of rotatable bonds is 8. The van der Waals surface area contributed by atoms with E-state index >= 15 is 0 Å². The second-order valence-electron chi connectivity index (χ2n) is 4.90. The van der Waals surface area contributed by atoms with Crippen LogP contribution >= 0.6 is 47.0 Å². The van der Waals surface area contributed by atoms with Gasteiger partial charge in [0.05, 0.1) is 25.4 Å². The highest BCUT2D eigenvalue weighted by molar-refractivity contribution is 8.09. The van der Waals surface area contributed by atoms with Crippen molar-refractivity contribution in [2.24, 2.45) is 0 Å². The standard InChI is InChI=1S/2C6H10OS2/c2*1-5(7-1)2-8-3-6-4-9-6/h2*5-6H,1-4H2. The smallest absolute Gasteiger partial charge is 0.0900 e. The van der Waals surface area contributed by atoms with Crippen LogP contribution in [0.1, 0.15) is 0 Å². The van der Waals surface area contributed by atoms with Crippen molar-refractivity contribution in [2.75, 3.05) is 47.7 Å². The summed E-state index contributed by atoms with van der Waals surface area (Å²) in [6, 6.07) is 0. The van der Waals surface area contributed by atoms with Crippen molar-refractivity contribution >= 4 is 47.0 Å². The van der Waals surface area contributed by atoms with Crippen LogP contribution in [0.5, 0.6) is 0 Å². The normalized spacial score (nSPS) is 38.7. The van der Waals surface area contributed by atoms with Gasteiger partial charge in [0.1, 0.15) is 0 Å². The molecular formula is C12H20O2S4. The fourth-order valence-electron chi connectivity index (χ4n) is 1.32. The monoisotopic (exact) mass is 324 g/mol. The second kappa shape index (κ2) is 7.36. The molecule has 0 amide bonds. The number of hydrogen-bond acceptors (Lipinski definition) is 6. The highest BCUT2D eigenvalue weighted by Crippen LogP contribution is 2.34. The van der Waals surface area contributed by atoms with E-state index < -0.39 is 0 Å². The van der Waals surface area contributed by atoms with Crippen LogP contribution in [0.2, 0.25) is 0 Å². The van der Waals surface area contributed by atoms with Gasteiger partial charge >= 0.3 is 0 Å². The molecule has 0 saturated carbocycles. The highest BCUT2D eigenvalue weighted by Gasteiger charge is 2.26. The molecule has 4 heterocycles. The van der Waals surface area contributed by atoms with Crippen LogP contribution in [0.25, 0.3) is 0 Å². The van der Waals surface area contributed by atoms with Gasteiger partial charge in [0.25, 0.3) is 0 Å². The van der Waals surface area contributed by atoms with E-state index in [0.29, 0.717) is 12.2 Å². The first-order valence-corrected chi connectivity index (χ1v) is 10.9. The lowest BCUT2D eigenvalue weighted by molar-refractivity contribution is 0.426. The maximum atomic E-state index is 5.08. The maximum Gasteiger partial charge on any atom is 0.0900 e. The fraction of sp³-hybridized carbons (Fsp3) is 1.00. The molecule has 0 aromatic heterocycles. The van der Waals surface area contributed by atoms with Crippen molar-refractivity contribution in [1.82, 2.24) is 0 Å². The lowest BCUT2D eigenvalue weighted by atomic mass is 10.6. The molecule has 0 spiro atoms. The SMILES string of the molecule is C1OC1CSCC1CS1.C1OC1CSCC1CS1. The molecule has 4 aliphatic heterocycles. The lowest BCUT2D eigenvalue weighted by Crippen LogP contribution is -1.94. The van der Waals surface area contributed by atoms with Crippen LogP contribution < -0.4 is 0 Å². The molecule has 0 N–H and O–H groups in total. The van der Waals surface area contributed by atoms with Gasteiger partial charge in [-0.25, -0.2) is 0 Å². The van der Waals surface area contributed by atoms with Gasteiger partial charge in [-0.3, -0.25) is 0 Å². The molecular weight excluding hydrogens is 304 g/mol. The average Bonchev–Trinajstić information content (AvgIpc) is 3.21. The van der Waals surface area contributed by atoms with E-state index in [4.69, 9.17) is 9.47 Å². The van der Waals surface area contributed by atoms with Crippen molar-refractivity contribution in [2.45, 2.75) is 22.7 Å². The molecule has 104 valence electrons. The summed E-state index contributed by atoms with van der Waals surface area (Å²) in [5, 5.41) is 1.99. The predicted octanol–water partition coefficient (Wildman–Crippen LogP) is 2.47. The molecule has 4 aliphatic rings. The topological polar surface area (TPSA) is 25.1 Å². The molecule has 0 aliphatic carbocycles. The summed E-state index contributed by atoms with van der Waals surface area (Å²) in [4.78, 5) is 0. The van der Waals surface area contributed by atoms with E-state index in [-0.39, 0.29) is 0 Å². The van der Waals surface area contributed by atoms with E-state index in [9.17, 15) is 0 Å². The Kier molecular flexibility index (Phi) is 5.84. The maximum absolute atomic E-state index is 5.08. The summed E-state index contributed by atoms with van der Waals surface area (Å²) in [6.45, 7) is 2.04. The van der Waals surface area contributed by atoms with E-state index in [1.807, 2.05) is 23.5 Å². The summed E-state index contributed by atoms with van der Waals surface area (Å²) < 4.78 is 10.2. The summed E-state index contributed by atoms with van der Waals surface area (Å²) in [5.74, 6) is 7.97. The van der Waals surface area contributed by atoms with Gasteiger partial charge in [-0.05, 0) is 0 Å². The van der Waals surface area contributed by atoms with Crippen molar-refractivity contribution in [3.05, 3.63) is 0 Å². The van der Waals surface area contributed by atoms with Gasteiger partial charge < -0.3 is 9.47 Å². The molecule has 0 aromatic carbocycles. The molecule has 0 radical (unpaired) electrons. The quantitative estimate of drug-likeness (QED) is 0.636. The number of ether oxygens (including phenoxy) is 2. The van der Waals surface area contributed by atoms with Crippen LogP contribution in [0, 0.1) is 0 Å². The second-order valence-corrected chi connectivity index (χ2v) is 9.71. The number of thioether (sulfide) groups is 4. The largest absolute Gasteiger partial charge is 0.372 e. The van der Waals surface area contributed by atoms with Crippen molar-refractivity contribution in [1.29, 1.82) is 0 Å². The minimum Gasteiger partial charge on any atom is -0.372 e. The first-order valence-electron chi connectivity index (χ1n) is 6.52. The molecule has 0 aromatic rings. The Morgan fingerprint density at radius 2 is 1.17 bits per heavy atom. The minimum atomic E-state index is 0.624. The predicted molar refractivity (Wildman–Crippen MR) is 86.6 cm³/mol. The number of hydrogen-bond donors (Lipinski definition) is 0. The Bertz CT molecular complexity index is 200. The fourth-order valence-corrected chi connectivity index (χ4v) is 5.42. The molecule has 18 heavy (non-hydrogen) atoms. The molecule has 4 rings (SSSR count). The molecule has 0 bridgehead atoms. The minimum absolute atomic E-state index is 0.624. The Labute approximate surface area is 126 Å². The van der Waals surface area contributed by atoms with Crippen molar-refractivity contribution in [3.63, 3.8) is 0 Å². The molecule has 4 unspecified atom stereocenters. The molecule has 6 heteroatoms. The third-order valence-corrected chi connectivity index (χ3v) is 7.68. The van der Waals surface area contributed by atoms with E-state index in [1.54, 1.807) is 0 Å².